The molecule has 2 aliphatic rings. The van der Waals surface area contributed by atoms with Crippen molar-refractivity contribution in [3.05, 3.63) is 28.7 Å². The molecule has 1 aliphatic heterocycles. The zero-order chi connectivity index (χ0) is 17.4. The summed E-state index contributed by atoms with van der Waals surface area (Å²) < 4.78 is 10.7. The maximum absolute atomic E-state index is 5.39. The minimum Gasteiger partial charge on any atom is -0.361 e. The third-order valence-electron chi connectivity index (χ3n) is 5.47. The van der Waals surface area contributed by atoms with Gasteiger partial charge in [0.15, 0.2) is 5.82 Å². The third-order valence-corrected chi connectivity index (χ3v) is 5.47. The summed E-state index contributed by atoms with van der Waals surface area (Å²) >= 11 is 0. The van der Waals surface area contributed by atoms with Crippen LogP contribution in [-0.4, -0.2) is 51.3 Å². The highest BCUT2D eigenvalue weighted by atomic mass is 16.5. The Labute approximate surface area is 148 Å². The molecular weight excluding hydrogens is 318 g/mol. The second-order valence-electron chi connectivity index (χ2n) is 7.57. The van der Waals surface area contributed by atoms with E-state index >= 15 is 0 Å². The van der Waals surface area contributed by atoms with Crippen LogP contribution in [0.2, 0.25) is 0 Å². The summed E-state index contributed by atoms with van der Waals surface area (Å²) in [4.78, 5) is 9.43. The van der Waals surface area contributed by atoms with Crippen LogP contribution in [0.4, 0.5) is 0 Å². The second kappa shape index (κ2) is 6.88. The van der Waals surface area contributed by atoms with Crippen molar-refractivity contribution in [1.82, 2.24) is 25.1 Å². The molecule has 1 aliphatic carbocycles. The van der Waals surface area contributed by atoms with E-state index in [4.69, 9.17) is 9.05 Å². The Morgan fingerprint density at radius 3 is 2.72 bits per heavy atom. The number of piperidine rings is 1. The number of aromatic nitrogens is 3. The molecule has 1 saturated heterocycles. The molecule has 136 valence electrons. The summed E-state index contributed by atoms with van der Waals surface area (Å²) in [7, 11) is 2.19. The lowest BCUT2D eigenvalue weighted by Gasteiger charge is -2.37. The fourth-order valence-corrected chi connectivity index (χ4v) is 3.67. The van der Waals surface area contributed by atoms with Gasteiger partial charge in [0, 0.05) is 30.6 Å². The Bertz CT molecular complexity index is 701. The van der Waals surface area contributed by atoms with Crippen molar-refractivity contribution < 1.29 is 9.05 Å². The third kappa shape index (κ3) is 3.77. The fourth-order valence-electron chi connectivity index (χ4n) is 3.67. The van der Waals surface area contributed by atoms with Crippen LogP contribution in [0.5, 0.6) is 0 Å². The molecule has 1 saturated carbocycles. The summed E-state index contributed by atoms with van der Waals surface area (Å²) in [5, 5.41) is 8.23. The number of hydrogen-bond acceptors (Lipinski definition) is 7. The lowest BCUT2D eigenvalue weighted by Crippen LogP contribution is -2.46. The van der Waals surface area contributed by atoms with Gasteiger partial charge in [-0.1, -0.05) is 10.3 Å². The van der Waals surface area contributed by atoms with Crippen molar-refractivity contribution in [2.24, 2.45) is 0 Å². The SMILES string of the molecule is Cc1noc(C)c1CN(C)[C@H]1CCCN(Cc2noc(C3CC3)n2)C1. The summed E-state index contributed by atoms with van der Waals surface area (Å²) in [6.45, 7) is 7.81. The largest absolute Gasteiger partial charge is 0.361 e. The summed E-state index contributed by atoms with van der Waals surface area (Å²) in [5.41, 5.74) is 2.21. The molecule has 0 unspecified atom stereocenters. The van der Waals surface area contributed by atoms with Gasteiger partial charge in [-0.3, -0.25) is 9.80 Å². The van der Waals surface area contributed by atoms with Crippen molar-refractivity contribution >= 4 is 0 Å². The number of likely N-dealkylation sites (tertiary alicyclic amines) is 1. The van der Waals surface area contributed by atoms with E-state index in [0.29, 0.717) is 12.0 Å². The van der Waals surface area contributed by atoms with E-state index in [-0.39, 0.29) is 0 Å². The van der Waals surface area contributed by atoms with E-state index in [1.165, 1.54) is 31.2 Å². The van der Waals surface area contributed by atoms with E-state index < -0.39 is 0 Å². The number of rotatable bonds is 6. The average Bonchev–Trinajstić information content (AvgIpc) is 3.29. The predicted octanol–water partition coefficient (Wildman–Crippen LogP) is 2.65. The summed E-state index contributed by atoms with van der Waals surface area (Å²) in [6, 6.07) is 0.525. The van der Waals surface area contributed by atoms with Gasteiger partial charge < -0.3 is 9.05 Å². The van der Waals surface area contributed by atoms with Gasteiger partial charge in [0.2, 0.25) is 5.89 Å². The molecule has 0 aromatic carbocycles. The van der Waals surface area contributed by atoms with Crippen molar-refractivity contribution in [3.63, 3.8) is 0 Å². The van der Waals surface area contributed by atoms with E-state index in [1.807, 2.05) is 13.8 Å². The molecule has 2 aromatic rings. The van der Waals surface area contributed by atoms with E-state index in [2.05, 4.69) is 32.1 Å². The minimum absolute atomic E-state index is 0.525. The smallest absolute Gasteiger partial charge is 0.229 e. The van der Waals surface area contributed by atoms with Gasteiger partial charge >= 0.3 is 0 Å². The number of nitrogens with zero attached hydrogens (tertiary/aromatic N) is 5. The molecule has 3 heterocycles. The molecule has 4 rings (SSSR count). The molecule has 0 radical (unpaired) electrons. The van der Waals surface area contributed by atoms with E-state index in [1.54, 1.807) is 0 Å². The first-order chi connectivity index (χ1) is 12.1. The molecule has 1 atom stereocenters. The molecule has 0 bridgehead atoms. The van der Waals surface area contributed by atoms with Crippen molar-refractivity contribution in [3.8, 4) is 0 Å². The van der Waals surface area contributed by atoms with Crippen molar-refractivity contribution in [2.45, 2.75) is 64.6 Å². The van der Waals surface area contributed by atoms with Gasteiger partial charge in [0.1, 0.15) is 5.76 Å². The van der Waals surface area contributed by atoms with Crippen LogP contribution >= 0.6 is 0 Å². The lowest BCUT2D eigenvalue weighted by molar-refractivity contribution is 0.104. The normalized spacial score (nSPS) is 22.0. The Hall–Kier alpha value is -1.73. The highest BCUT2D eigenvalue weighted by Gasteiger charge is 2.30. The van der Waals surface area contributed by atoms with Crippen LogP contribution in [0, 0.1) is 13.8 Å². The first-order valence-corrected chi connectivity index (χ1v) is 9.27. The average molecular weight is 345 g/mol. The number of hydrogen-bond donors (Lipinski definition) is 0. The van der Waals surface area contributed by atoms with Gasteiger partial charge in [-0.05, 0) is 53.1 Å². The monoisotopic (exact) mass is 345 g/mol. The zero-order valence-electron chi connectivity index (χ0n) is 15.4. The van der Waals surface area contributed by atoms with Gasteiger partial charge in [-0.2, -0.15) is 4.98 Å². The topological polar surface area (TPSA) is 71.4 Å². The van der Waals surface area contributed by atoms with Crippen LogP contribution in [0.15, 0.2) is 9.05 Å². The zero-order valence-corrected chi connectivity index (χ0v) is 15.4. The first kappa shape index (κ1) is 16.7. The fraction of sp³-hybridized carbons (Fsp3) is 0.722. The molecule has 7 nitrogen and oxygen atoms in total. The second-order valence-corrected chi connectivity index (χ2v) is 7.57. The van der Waals surface area contributed by atoms with Gasteiger partial charge in [-0.25, -0.2) is 0 Å². The molecule has 25 heavy (non-hydrogen) atoms. The van der Waals surface area contributed by atoms with E-state index in [9.17, 15) is 0 Å². The molecule has 0 N–H and O–H groups in total. The number of likely N-dealkylation sites (N-methyl/N-ethyl adjacent to an activating group) is 1. The minimum atomic E-state index is 0.525. The molecule has 0 amide bonds. The van der Waals surface area contributed by atoms with Gasteiger partial charge in [0.25, 0.3) is 0 Å². The van der Waals surface area contributed by atoms with Crippen LogP contribution in [0.1, 0.15) is 60.3 Å². The maximum atomic E-state index is 5.39. The van der Waals surface area contributed by atoms with Crippen molar-refractivity contribution in [2.75, 3.05) is 20.1 Å². The highest BCUT2D eigenvalue weighted by Crippen LogP contribution is 2.38. The highest BCUT2D eigenvalue weighted by molar-refractivity contribution is 5.20. The molecule has 2 aromatic heterocycles. The molecule has 0 spiro atoms. The molecule has 2 fully saturated rings. The van der Waals surface area contributed by atoms with Crippen LogP contribution in [0.25, 0.3) is 0 Å². The van der Waals surface area contributed by atoms with Gasteiger partial charge in [-0.15, -0.1) is 0 Å². The van der Waals surface area contributed by atoms with Crippen LogP contribution in [-0.2, 0) is 13.1 Å². The lowest BCUT2D eigenvalue weighted by atomic mass is 10.0. The summed E-state index contributed by atoms with van der Waals surface area (Å²) in [5.74, 6) is 3.11. The number of aryl methyl sites for hydroxylation is 2. The van der Waals surface area contributed by atoms with Crippen LogP contribution in [0.3, 0.4) is 0 Å². The summed E-state index contributed by atoms with van der Waals surface area (Å²) in [6.07, 6.45) is 4.81. The maximum Gasteiger partial charge on any atom is 0.229 e. The first-order valence-electron chi connectivity index (χ1n) is 9.27. The Balaban J connectivity index is 1.35. The van der Waals surface area contributed by atoms with Crippen molar-refractivity contribution in [1.29, 1.82) is 0 Å². The standard InChI is InChI=1S/C18H27N5O2/c1-12-16(13(2)24-20-12)10-22(3)15-5-4-8-23(9-15)11-17-19-18(25-21-17)14-6-7-14/h14-15H,4-11H2,1-3H3/t15-/m0/s1. The van der Waals surface area contributed by atoms with Crippen LogP contribution < -0.4 is 0 Å². The molecule has 7 heteroatoms. The Morgan fingerprint density at radius 1 is 1.16 bits per heavy atom. The Kier molecular flexibility index (Phi) is 4.60. The predicted molar refractivity (Wildman–Crippen MR) is 92.0 cm³/mol. The van der Waals surface area contributed by atoms with Gasteiger partial charge in [0.05, 0.1) is 12.2 Å². The quantitative estimate of drug-likeness (QED) is 0.797. The van der Waals surface area contributed by atoms with E-state index in [0.717, 1.165) is 49.3 Å². The Morgan fingerprint density at radius 2 is 2.00 bits per heavy atom. The molecular formula is C18H27N5O2.